The monoisotopic (exact) mass is 527 g/mol. The van der Waals surface area contributed by atoms with Gasteiger partial charge < -0.3 is 19.3 Å². The van der Waals surface area contributed by atoms with Crippen LogP contribution < -0.4 is 4.43 Å². The standard InChI is InChI=1S/C27H35N2O5SSi/c1-27(2,3)22-21(34-36(6)7)14-13-19(23(22)30)24(31)29-16-18(15-20(29)25(32)28(4)5)35-26(33)17-11-9-8-10-12-17/h8-14,18,20,30H,15-16H2,1-7H3/t18-,20-/m0/s1. The maximum Gasteiger partial charge on any atom is 0.274 e. The summed E-state index contributed by atoms with van der Waals surface area (Å²) >= 11 is 1.15. The second kappa shape index (κ2) is 11.1. The smallest absolute Gasteiger partial charge is 0.274 e. The van der Waals surface area contributed by atoms with Crippen molar-refractivity contribution in [3.8, 4) is 11.5 Å². The lowest BCUT2D eigenvalue weighted by atomic mass is 9.84. The van der Waals surface area contributed by atoms with E-state index in [4.69, 9.17) is 4.43 Å². The van der Waals surface area contributed by atoms with Crippen LogP contribution in [0.2, 0.25) is 13.1 Å². The molecule has 2 aromatic rings. The summed E-state index contributed by atoms with van der Waals surface area (Å²) in [5, 5.41) is 10.9. The average molecular weight is 528 g/mol. The average Bonchev–Trinajstić information content (AvgIpc) is 3.21. The summed E-state index contributed by atoms with van der Waals surface area (Å²) in [7, 11) is 2.20. The Kier molecular flexibility index (Phi) is 8.56. The van der Waals surface area contributed by atoms with Gasteiger partial charge in [-0.25, -0.2) is 0 Å². The van der Waals surface area contributed by atoms with E-state index in [0.29, 0.717) is 23.3 Å². The zero-order chi connectivity index (χ0) is 26.8. The Hall–Kier alpha value is -2.78. The highest BCUT2D eigenvalue weighted by Crippen LogP contribution is 2.42. The van der Waals surface area contributed by atoms with E-state index in [1.165, 1.54) is 9.80 Å². The predicted octanol–water partition coefficient (Wildman–Crippen LogP) is 4.56. The largest absolute Gasteiger partial charge is 0.542 e. The second-order valence-electron chi connectivity index (χ2n) is 10.4. The van der Waals surface area contributed by atoms with Crippen molar-refractivity contribution in [3.63, 3.8) is 0 Å². The topological polar surface area (TPSA) is 87.2 Å². The molecule has 0 saturated carbocycles. The molecule has 1 aliphatic rings. The number of phenols is 1. The van der Waals surface area contributed by atoms with Crippen molar-refractivity contribution in [2.75, 3.05) is 20.6 Å². The van der Waals surface area contributed by atoms with Gasteiger partial charge in [0.25, 0.3) is 14.9 Å². The number of carbonyl (C=O) groups excluding carboxylic acids is 3. The molecule has 3 rings (SSSR count). The van der Waals surface area contributed by atoms with Gasteiger partial charge in [-0.2, -0.15) is 0 Å². The number of benzene rings is 2. The summed E-state index contributed by atoms with van der Waals surface area (Å²) < 4.78 is 6.02. The Morgan fingerprint density at radius 3 is 2.28 bits per heavy atom. The number of likely N-dealkylation sites (tertiary alicyclic amines) is 1. The summed E-state index contributed by atoms with van der Waals surface area (Å²) in [4.78, 5) is 42.6. The molecule has 0 unspecified atom stereocenters. The molecule has 0 aromatic heterocycles. The van der Waals surface area contributed by atoms with Gasteiger partial charge >= 0.3 is 0 Å². The predicted molar refractivity (Wildman–Crippen MR) is 145 cm³/mol. The zero-order valence-electron chi connectivity index (χ0n) is 22.0. The highest BCUT2D eigenvalue weighted by Gasteiger charge is 2.42. The van der Waals surface area contributed by atoms with Gasteiger partial charge in [0.15, 0.2) is 0 Å². The first-order valence-corrected chi connectivity index (χ1v) is 15.2. The number of likely N-dealkylation sites (N-methyl/N-ethyl adjacent to an activating group) is 1. The SMILES string of the molecule is CN(C)C(=O)[C@@H]1C[C@H](SC(=O)c2ccccc2)CN1C(=O)c1ccc(O[Si](C)C)c(C(C)(C)C)c1O. The molecule has 2 aromatic carbocycles. The van der Waals surface area contributed by atoms with E-state index in [1.54, 1.807) is 50.5 Å². The zero-order valence-corrected chi connectivity index (χ0v) is 23.8. The number of nitrogens with zero attached hydrogens (tertiary/aromatic N) is 2. The van der Waals surface area contributed by atoms with Crippen molar-refractivity contribution < 1.29 is 23.9 Å². The normalized spacial score (nSPS) is 17.8. The van der Waals surface area contributed by atoms with Crippen molar-refractivity contribution in [3.05, 3.63) is 59.2 Å². The minimum atomic E-state index is -1.09. The van der Waals surface area contributed by atoms with Gasteiger partial charge in [-0.15, -0.1) is 0 Å². The second-order valence-corrected chi connectivity index (χ2v) is 13.7. The van der Waals surface area contributed by atoms with Crippen LogP contribution in [0.4, 0.5) is 0 Å². The van der Waals surface area contributed by atoms with E-state index in [-0.39, 0.29) is 34.1 Å². The molecule has 1 saturated heterocycles. The van der Waals surface area contributed by atoms with Crippen molar-refractivity contribution in [1.29, 1.82) is 0 Å². The van der Waals surface area contributed by atoms with E-state index in [0.717, 1.165) is 11.8 Å². The number of amides is 2. The van der Waals surface area contributed by atoms with Crippen LogP contribution >= 0.6 is 11.8 Å². The van der Waals surface area contributed by atoms with Gasteiger partial charge in [-0.1, -0.05) is 62.9 Å². The van der Waals surface area contributed by atoms with E-state index in [2.05, 4.69) is 0 Å². The van der Waals surface area contributed by atoms with Crippen molar-refractivity contribution in [2.24, 2.45) is 0 Å². The summed E-state index contributed by atoms with van der Waals surface area (Å²) in [6.45, 7) is 10.1. The molecule has 0 spiro atoms. The third kappa shape index (κ3) is 6.12. The Labute approximate surface area is 219 Å². The molecule has 7 nitrogen and oxygen atoms in total. The fraction of sp³-hybridized carbons (Fsp3) is 0.444. The molecular formula is C27H35N2O5SSi. The molecule has 9 heteroatoms. The molecule has 36 heavy (non-hydrogen) atoms. The molecule has 193 valence electrons. The van der Waals surface area contributed by atoms with Crippen LogP contribution in [0.3, 0.4) is 0 Å². The fourth-order valence-corrected chi connectivity index (χ4v) is 6.06. The lowest BCUT2D eigenvalue weighted by Crippen LogP contribution is -2.45. The van der Waals surface area contributed by atoms with Crippen molar-refractivity contribution >= 4 is 37.7 Å². The van der Waals surface area contributed by atoms with Gasteiger partial charge in [0.1, 0.15) is 17.5 Å². The third-order valence-electron chi connectivity index (χ3n) is 5.97. The lowest BCUT2D eigenvalue weighted by molar-refractivity contribution is -0.132. The molecular weight excluding hydrogens is 492 g/mol. The number of hydrogen-bond acceptors (Lipinski definition) is 6. The summed E-state index contributed by atoms with van der Waals surface area (Å²) in [6, 6.07) is 11.6. The molecule has 1 fully saturated rings. The first kappa shape index (κ1) is 27.8. The first-order valence-electron chi connectivity index (χ1n) is 11.9. The van der Waals surface area contributed by atoms with E-state index in [9.17, 15) is 19.5 Å². The molecule has 1 radical (unpaired) electrons. The number of rotatable bonds is 6. The van der Waals surface area contributed by atoms with Gasteiger partial charge in [0.05, 0.1) is 5.56 Å². The molecule has 1 N–H and O–H groups in total. The number of phenolic OH excluding ortho intramolecular Hbond substituents is 1. The molecule has 0 aliphatic carbocycles. The van der Waals surface area contributed by atoms with E-state index in [1.807, 2.05) is 39.9 Å². The molecule has 1 heterocycles. The number of aromatic hydroxyl groups is 1. The Morgan fingerprint density at radius 1 is 1.08 bits per heavy atom. The van der Waals surface area contributed by atoms with Crippen molar-refractivity contribution in [2.45, 2.75) is 57.0 Å². The summed E-state index contributed by atoms with van der Waals surface area (Å²) in [6.07, 6.45) is 0.359. The number of hydrogen-bond donors (Lipinski definition) is 1. The highest BCUT2D eigenvalue weighted by molar-refractivity contribution is 8.14. The third-order valence-corrected chi connectivity index (χ3v) is 7.72. The quantitative estimate of drug-likeness (QED) is 0.554. The first-order chi connectivity index (χ1) is 16.8. The van der Waals surface area contributed by atoms with E-state index < -0.39 is 26.4 Å². The molecule has 0 bridgehead atoms. The van der Waals surface area contributed by atoms with Gasteiger partial charge in [-0.05, 0) is 37.1 Å². The van der Waals surface area contributed by atoms with Gasteiger partial charge in [0, 0.05) is 37.0 Å². The number of thioether (sulfide) groups is 1. The van der Waals surface area contributed by atoms with E-state index >= 15 is 0 Å². The Morgan fingerprint density at radius 2 is 1.72 bits per heavy atom. The maximum absolute atomic E-state index is 13.8. The Bertz CT molecular complexity index is 1130. The van der Waals surface area contributed by atoms with Crippen LogP contribution in [0, 0.1) is 0 Å². The molecule has 1 aliphatic heterocycles. The van der Waals surface area contributed by atoms with Gasteiger partial charge in [-0.3, -0.25) is 14.4 Å². The summed E-state index contributed by atoms with van der Waals surface area (Å²) in [5.74, 6) is -0.197. The van der Waals surface area contributed by atoms with Crippen molar-refractivity contribution in [1.82, 2.24) is 9.80 Å². The molecule has 2 amide bonds. The van der Waals surface area contributed by atoms with Crippen LogP contribution in [0.1, 0.15) is 53.5 Å². The lowest BCUT2D eigenvalue weighted by Gasteiger charge is -2.29. The summed E-state index contributed by atoms with van der Waals surface area (Å²) in [5.41, 5.74) is 0.806. The van der Waals surface area contributed by atoms with Crippen LogP contribution in [-0.2, 0) is 10.2 Å². The Balaban J connectivity index is 1.95. The van der Waals surface area contributed by atoms with Crippen LogP contribution in [-0.4, -0.2) is 72.8 Å². The number of carbonyl (C=O) groups is 3. The van der Waals surface area contributed by atoms with Gasteiger partial charge in [0.2, 0.25) is 11.0 Å². The van der Waals surface area contributed by atoms with Crippen LogP contribution in [0.25, 0.3) is 0 Å². The van der Waals surface area contributed by atoms with Crippen LogP contribution in [0.15, 0.2) is 42.5 Å². The minimum absolute atomic E-state index is 0.0953. The van der Waals surface area contributed by atoms with Crippen LogP contribution in [0.5, 0.6) is 11.5 Å². The fourth-order valence-electron chi connectivity index (χ4n) is 4.36. The maximum atomic E-state index is 13.8. The highest BCUT2D eigenvalue weighted by atomic mass is 32.2. The minimum Gasteiger partial charge on any atom is -0.542 e. The molecule has 2 atom stereocenters.